The maximum absolute atomic E-state index is 9.81. The molecule has 0 aliphatic rings. The number of ether oxygens (including phenoxy) is 1. The van der Waals surface area contributed by atoms with Gasteiger partial charge in [-0.3, -0.25) is 19.8 Å². The molecule has 2 aromatic rings. The quantitative estimate of drug-likeness (QED) is 0.352. The van der Waals surface area contributed by atoms with E-state index in [0.29, 0.717) is 0 Å². The normalized spacial score (nSPS) is 9.04. The first-order valence-electron chi connectivity index (χ1n) is 7.55. The molecule has 0 aliphatic carbocycles. The zero-order chi connectivity index (χ0) is 19.4. The maximum Gasteiger partial charge on any atom is 0.310 e. The molecule has 25 heavy (non-hydrogen) atoms. The lowest BCUT2D eigenvalue weighted by molar-refractivity contribution is -0.909. The van der Waals surface area contributed by atoms with Gasteiger partial charge in [-0.1, -0.05) is 6.07 Å². The minimum Gasteiger partial charge on any atom is -0.394 e. The monoisotopic (exact) mass is 349 g/mol. The Morgan fingerprint density at radius 3 is 1.92 bits per heavy atom. The van der Waals surface area contributed by atoms with Crippen LogP contribution in [-0.4, -0.2) is 27.2 Å². The number of pyridine rings is 2. The highest BCUT2D eigenvalue weighted by Crippen LogP contribution is 1.96. The van der Waals surface area contributed by atoms with Crippen LogP contribution < -0.4 is 4.73 Å². The fraction of sp³-hybridized carbons (Fsp3) is 0.333. The molecule has 0 atom stereocenters. The third-order valence-corrected chi connectivity index (χ3v) is 2.70. The van der Waals surface area contributed by atoms with Gasteiger partial charge in [0.1, 0.15) is 0 Å². The molecule has 2 rings (SSSR count). The zero-order valence-corrected chi connectivity index (χ0v) is 15.2. The van der Waals surface area contributed by atoms with Crippen LogP contribution >= 0.6 is 0 Å². The summed E-state index contributed by atoms with van der Waals surface area (Å²) in [6.45, 7) is 8.14. The number of aromatic nitrogens is 2. The molecular formula is C18H25N2O5+. The maximum atomic E-state index is 9.81. The second-order valence-electron chi connectivity index (χ2n) is 5.26. The molecule has 0 unspecified atom stereocenters. The van der Waals surface area contributed by atoms with Crippen LogP contribution in [-0.2, 0) is 20.9 Å². The van der Waals surface area contributed by atoms with Crippen LogP contribution in [0.15, 0.2) is 36.7 Å². The first-order chi connectivity index (χ1) is 11.6. The molecule has 0 fully saturated rings. The number of aryl methyl sites for hydroxylation is 3. The van der Waals surface area contributed by atoms with E-state index in [0.717, 1.165) is 27.2 Å². The van der Waals surface area contributed by atoms with E-state index < -0.39 is 11.9 Å². The van der Waals surface area contributed by atoms with Crippen molar-refractivity contribution >= 4 is 11.9 Å². The van der Waals surface area contributed by atoms with Crippen molar-refractivity contribution in [2.75, 3.05) is 0 Å². The number of carbonyl (C=O) groups is 2. The highest BCUT2D eigenvalue weighted by molar-refractivity contribution is 5.82. The standard InChI is InChI=1S/C7H10NO.C7H9NO.C4H6O3/c1-6-3-4-7(2)8(9)5-6;1-6-2-3-7(5-9)8-4-6;1-3(5)7-4(2)6/h3-5,9H,1-2H3;2-4,9H,5H2,1H3;1-2H3/q+1;;. The SMILES string of the molecule is CC(=O)OC(C)=O.Cc1ccc(C)[n+](O)c1.Cc1ccc(CO)nc1. The average Bonchev–Trinajstić information content (AvgIpc) is 2.52. The molecule has 0 saturated heterocycles. The summed E-state index contributed by atoms with van der Waals surface area (Å²) < 4.78 is 5.09. The second kappa shape index (κ2) is 11.7. The number of nitrogens with zero attached hydrogens (tertiary/aromatic N) is 2. The molecule has 0 saturated carbocycles. The van der Waals surface area contributed by atoms with Crippen molar-refractivity contribution in [3.8, 4) is 0 Å². The van der Waals surface area contributed by atoms with E-state index in [1.807, 2.05) is 45.0 Å². The zero-order valence-electron chi connectivity index (χ0n) is 15.2. The summed E-state index contributed by atoms with van der Waals surface area (Å²) in [6.07, 6.45) is 3.42. The van der Waals surface area contributed by atoms with Crippen molar-refractivity contribution in [2.45, 2.75) is 41.2 Å². The van der Waals surface area contributed by atoms with Crippen molar-refractivity contribution in [1.82, 2.24) is 4.98 Å². The fourth-order valence-corrected chi connectivity index (χ4v) is 1.46. The first-order valence-corrected chi connectivity index (χ1v) is 7.55. The summed E-state index contributed by atoms with van der Waals surface area (Å²) in [5.41, 5.74) is 3.75. The third kappa shape index (κ3) is 11.4. The van der Waals surface area contributed by atoms with Crippen molar-refractivity contribution < 1.29 is 29.4 Å². The Morgan fingerprint density at radius 2 is 1.60 bits per heavy atom. The summed E-state index contributed by atoms with van der Waals surface area (Å²) in [5.74, 6) is -1.12. The molecule has 0 amide bonds. The van der Waals surface area contributed by atoms with Crippen LogP contribution in [0.5, 0.6) is 0 Å². The molecule has 7 heteroatoms. The van der Waals surface area contributed by atoms with E-state index in [2.05, 4.69) is 9.72 Å². The summed E-state index contributed by atoms with van der Waals surface area (Å²) in [7, 11) is 0. The molecule has 0 radical (unpaired) electrons. The number of esters is 2. The Bertz CT molecular complexity index is 672. The lowest BCUT2D eigenvalue weighted by atomic mass is 10.3. The van der Waals surface area contributed by atoms with Gasteiger partial charge in [-0.05, 0) is 31.5 Å². The molecule has 2 heterocycles. The van der Waals surface area contributed by atoms with Gasteiger partial charge in [0.05, 0.1) is 12.3 Å². The van der Waals surface area contributed by atoms with Gasteiger partial charge >= 0.3 is 11.9 Å². The number of aliphatic hydroxyl groups is 1. The summed E-state index contributed by atoms with van der Waals surface area (Å²) in [6, 6.07) is 7.57. The van der Waals surface area contributed by atoms with Gasteiger partial charge < -0.3 is 9.84 Å². The Balaban J connectivity index is 0.000000350. The minimum atomic E-state index is -0.562. The molecule has 2 N–H and O–H groups in total. The van der Waals surface area contributed by atoms with Gasteiger partial charge in [-0.2, -0.15) is 0 Å². The molecule has 0 aromatic carbocycles. The van der Waals surface area contributed by atoms with Crippen LogP contribution in [0, 0.1) is 20.8 Å². The van der Waals surface area contributed by atoms with E-state index >= 15 is 0 Å². The van der Waals surface area contributed by atoms with E-state index in [9.17, 15) is 9.59 Å². The summed E-state index contributed by atoms with van der Waals surface area (Å²) >= 11 is 0. The number of rotatable bonds is 1. The summed E-state index contributed by atoms with van der Waals surface area (Å²) in [5, 5.41) is 17.6. The Kier molecular flexibility index (Phi) is 10.4. The molecule has 136 valence electrons. The number of aliphatic hydroxyl groups excluding tert-OH is 1. The van der Waals surface area contributed by atoms with E-state index in [1.54, 1.807) is 12.4 Å². The Hall–Kier alpha value is -2.80. The van der Waals surface area contributed by atoms with Crippen LogP contribution in [0.2, 0.25) is 0 Å². The van der Waals surface area contributed by atoms with Gasteiger partial charge in [0.15, 0.2) is 0 Å². The largest absolute Gasteiger partial charge is 0.394 e. The van der Waals surface area contributed by atoms with Crippen LogP contribution in [0.25, 0.3) is 0 Å². The molecular weight excluding hydrogens is 324 g/mol. The van der Waals surface area contributed by atoms with Crippen molar-refractivity contribution in [3.63, 3.8) is 0 Å². The summed E-state index contributed by atoms with van der Waals surface area (Å²) in [4.78, 5) is 23.6. The minimum absolute atomic E-state index is 0.0281. The number of carbonyl (C=O) groups excluding carboxylic acids is 2. The fourth-order valence-electron chi connectivity index (χ4n) is 1.46. The molecule has 7 nitrogen and oxygen atoms in total. The van der Waals surface area contributed by atoms with Crippen LogP contribution in [0.3, 0.4) is 0 Å². The first kappa shape index (κ1) is 22.2. The lowest BCUT2D eigenvalue weighted by Crippen LogP contribution is -2.33. The van der Waals surface area contributed by atoms with Gasteiger partial charge in [0.2, 0.25) is 11.9 Å². The smallest absolute Gasteiger partial charge is 0.310 e. The Morgan fingerprint density at radius 1 is 1.04 bits per heavy atom. The predicted octanol–water partition coefficient (Wildman–Crippen LogP) is 1.81. The van der Waals surface area contributed by atoms with Crippen molar-refractivity contribution in [2.24, 2.45) is 0 Å². The number of hydrogen-bond donors (Lipinski definition) is 2. The predicted molar refractivity (Wildman–Crippen MR) is 90.6 cm³/mol. The Labute approximate surface area is 147 Å². The second-order valence-corrected chi connectivity index (χ2v) is 5.26. The lowest BCUT2D eigenvalue weighted by Gasteiger charge is -1.93. The van der Waals surface area contributed by atoms with E-state index in [4.69, 9.17) is 10.3 Å². The van der Waals surface area contributed by atoms with Gasteiger partial charge in [-0.15, -0.1) is 0 Å². The molecule has 0 bridgehead atoms. The van der Waals surface area contributed by atoms with Gasteiger partial charge in [-0.25, -0.2) is 0 Å². The van der Waals surface area contributed by atoms with Gasteiger partial charge in [0.25, 0.3) is 0 Å². The van der Waals surface area contributed by atoms with Crippen LogP contribution in [0.4, 0.5) is 0 Å². The van der Waals surface area contributed by atoms with Crippen molar-refractivity contribution in [1.29, 1.82) is 0 Å². The topological polar surface area (TPSA) is 101 Å². The van der Waals surface area contributed by atoms with E-state index in [-0.39, 0.29) is 6.61 Å². The highest BCUT2D eigenvalue weighted by atomic mass is 16.6. The average molecular weight is 349 g/mol. The highest BCUT2D eigenvalue weighted by Gasteiger charge is 2.00. The number of hydrogen-bond acceptors (Lipinski definition) is 6. The van der Waals surface area contributed by atoms with Crippen molar-refractivity contribution in [3.05, 3.63) is 59.2 Å². The molecule has 2 aromatic heterocycles. The van der Waals surface area contributed by atoms with Crippen LogP contribution in [0.1, 0.15) is 36.4 Å². The van der Waals surface area contributed by atoms with E-state index in [1.165, 1.54) is 13.8 Å². The van der Waals surface area contributed by atoms with Gasteiger partial charge in [0, 0.05) is 43.3 Å². The molecule has 0 aliphatic heterocycles. The molecule has 0 spiro atoms. The third-order valence-electron chi connectivity index (χ3n) is 2.70.